The highest BCUT2D eigenvalue weighted by Gasteiger charge is 2.21. The molecule has 3 N–H and O–H groups in total. The summed E-state index contributed by atoms with van der Waals surface area (Å²) in [5.74, 6) is 0.973. The van der Waals surface area contributed by atoms with Crippen LogP contribution in [0.5, 0.6) is 0 Å². The average Bonchev–Trinajstić information content (AvgIpc) is 3.07. The molecule has 1 atom stereocenters. The Morgan fingerprint density at radius 3 is 2.94 bits per heavy atom. The highest BCUT2D eigenvalue weighted by molar-refractivity contribution is 5.21. The van der Waals surface area contributed by atoms with Crippen LogP contribution in [0.4, 0.5) is 0 Å². The largest absolute Gasteiger partial charge is 0.329 e. The van der Waals surface area contributed by atoms with E-state index in [0.717, 1.165) is 18.9 Å². The molecule has 0 bridgehead atoms. The number of nitrogens with zero attached hydrogens (tertiary/aromatic N) is 2. The highest BCUT2D eigenvalue weighted by Crippen LogP contribution is 2.32. The maximum Gasteiger partial charge on any atom is 0.0670 e. The first-order chi connectivity index (χ1) is 8.24. The Morgan fingerprint density at radius 2 is 2.35 bits per heavy atom. The second-order valence-electron chi connectivity index (χ2n) is 5.03. The summed E-state index contributed by atoms with van der Waals surface area (Å²) in [6.45, 7) is 3.86. The Morgan fingerprint density at radius 1 is 1.59 bits per heavy atom. The third-order valence-electron chi connectivity index (χ3n) is 3.52. The van der Waals surface area contributed by atoms with Crippen LogP contribution >= 0.6 is 0 Å². The summed E-state index contributed by atoms with van der Waals surface area (Å²) in [4.78, 5) is 0. The number of aromatic nitrogens is 2. The highest BCUT2D eigenvalue weighted by atomic mass is 15.3. The van der Waals surface area contributed by atoms with Crippen molar-refractivity contribution in [2.45, 2.75) is 38.6 Å². The van der Waals surface area contributed by atoms with Gasteiger partial charge in [0.1, 0.15) is 0 Å². The maximum atomic E-state index is 5.87. The molecule has 0 aliphatic heterocycles. The van der Waals surface area contributed by atoms with E-state index in [1.807, 2.05) is 11.7 Å². The van der Waals surface area contributed by atoms with E-state index in [1.54, 1.807) is 0 Å². The van der Waals surface area contributed by atoms with Crippen LogP contribution in [-0.2, 0) is 13.5 Å². The molecule has 1 aromatic heterocycles. The SMILES string of the molecule is CCc1nn(C)cc1C(CN)NCCC1CC1. The normalized spacial score (nSPS) is 17.4. The first kappa shape index (κ1) is 12.6. The summed E-state index contributed by atoms with van der Waals surface area (Å²) >= 11 is 0. The van der Waals surface area contributed by atoms with Gasteiger partial charge in [-0.2, -0.15) is 5.10 Å². The molecule has 0 aromatic carbocycles. The first-order valence-electron chi connectivity index (χ1n) is 6.70. The lowest BCUT2D eigenvalue weighted by Gasteiger charge is -2.16. The molecule has 4 heteroatoms. The molecule has 1 aliphatic rings. The Hall–Kier alpha value is -0.870. The molecule has 1 unspecified atom stereocenters. The van der Waals surface area contributed by atoms with Crippen LogP contribution in [-0.4, -0.2) is 22.9 Å². The minimum absolute atomic E-state index is 0.261. The number of rotatable bonds is 7. The van der Waals surface area contributed by atoms with Gasteiger partial charge in [0.15, 0.2) is 0 Å². The predicted octanol–water partition coefficient (Wildman–Crippen LogP) is 1.37. The summed E-state index contributed by atoms with van der Waals surface area (Å²) in [6, 6.07) is 0.261. The van der Waals surface area contributed by atoms with Gasteiger partial charge in [-0.25, -0.2) is 0 Å². The Labute approximate surface area is 104 Å². The van der Waals surface area contributed by atoms with E-state index in [0.29, 0.717) is 6.54 Å². The van der Waals surface area contributed by atoms with Gasteiger partial charge in [0, 0.05) is 31.4 Å². The van der Waals surface area contributed by atoms with Crippen LogP contribution in [0.2, 0.25) is 0 Å². The zero-order chi connectivity index (χ0) is 12.3. The van der Waals surface area contributed by atoms with Crippen LogP contribution in [0, 0.1) is 5.92 Å². The smallest absolute Gasteiger partial charge is 0.0670 e. The summed E-state index contributed by atoms with van der Waals surface area (Å²) in [5, 5.41) is 8.04. The van der Waals surface area contributed by atoms with Crippen LogP contribution in [0.3, 0.4) is 0 Å². The van der Waals surface area contributed by atoms with Gasteiger partial charge in [-0.15, -0.1) is 0 Å². The molecule has 0 saturated heterocycles. The zero-order valence-electron chi connectivity index (χ0n) is 10.9. The molecule has 17 heavy (non-hydrogen) atoms. The van der Waals surface area contributed by atoms with Crippen molar-refractivity contribution < 1.29 is 0 Å². The van der Waals surface area contributed by atoms with Crippen LogP contribution in [0.15, 0.2) is 6.20 Å². The fourth-order valence-corrected chi connectivity index (χ4v) is 2.31. The van der Waals surface area contributed by atoms with E-state index >= 15 is 0 Å². The first-order valence-corrected chi connectivity index (χ1v) is 6.70. The molecule has 1 aliphatic carbocycles. The zero-order valence-corrected chi connectivity index (χ0v) is 10.9. The second-order valence-corrected chi connectivity index (χ2v) is 5.03. The van der Waals surface area contributed by atoms with E-state index < -0.39 is 0 Å². The lowest BCUT2D eigenvalue weighted by Crippen LogP contribution is -2.29. The molecule has 1 fully saturated rings. The molecule has 0 amide bonds. The van der Waals surface area contributed by atoms with Gasteiger partial charge in [0.25, 0.3) is 0 Å². The van der Waals surface area contributed by atoms with Gasteiger partial charge >= 0.3 is 0 Å². The monoisotopic (exact) mass is 236 g/mol. The minimum Gasteiger partial charge on any atom is -0.329 e. The molecule has 1 aromatic rings. The minimum atomic E-state index is 0.261. The van der Waals surface area contributed by atoms with Crippen molar-refractivity contribution in [3.05, 3.63) is 17.5 Å². The number of nitrogens with two attached hydrogens (primary N) is 1. The van der Waals surface area contributed by atoms with Crippen molar-refractivity contribution in [2.75, 3.05) is 13.1 Å². The Balaban J connectivity index is 1.94. The quantitative estimate of drug-likeness (QED) is 0.752. The molecule has 2 rings (SSSR count). The van der Waals surface area contributed by atoms with E-state index in [2.05, 4.69) is 23.5 Å². The predicted molar refractivity (Wildman–Crippen MR) is 69.7 cm³/mol. The standard InChI is InChI=1S/C13H24N4/c1-3-12-11(9-17(2)16-12)13(8-14)15-7-6-10-4-5-10/h9-10,13,15H,3-8,14H2,1-2H3. The van der Waals surface area contributed by atoms with Gasteiger partial charge in [0.2, 0.25) is 0 Å². The summed E-state index contributed by atoms with van der Waals surface area (Å²) in [7, 11) is 1.97. The van der Waals surface area contributed by atoms with Gasteiger partial charge in [-0.05, 0) is 25.3 Å². The van der Waals surface area contributed by atoms with Crippen molar-refractivity contribution in [1.82, 2.24) is 15.1 Å². The lowest BCUT2D eigenvalue weighted by atomic mass is 10.1. The molecular formula is C13H24N4. The van der Waals surface area contributed by atoms with Crippen LogP contribution in [0.1, 0.15) is 43.5 Å². The van der Waals surface area contributed by atoms with Crippen LogP contribution in [0.25, 0.3) is 0 Å². The molecule has 0 radical (unpaired) electrons. The van der Waals surface area contributed by atoms with Gasteiger partial charge in [0.05, 0.1) is 5.69 Å². The van der Waals surface area contributed by atoms with Crippen molar-refractivity contribution in [2.24, 2.45) is 18.7 Å². The van der Waals surface area contributed by atoms with Gasteiger partial charge in [-0.3, -0.25) is 4.68 Å². The number of aryl methyl sites for hydroxylation is 2. The van der Waals surface area contributed by atoms with Crippen molar-refractivity contribution in [1.29, 1.82) is 0 Å². The lowest BCUT2D eigenvalue weighted by molar-refractivity contribution is 0.513. The summed E-state index contributed by atoms with van der Waals surface area (Å²) < 4.78 is 1.89. The number of hydrogen-bond acceptors (Lipinski definition) is 3. The molecule has 1 heterocycles. The Kier molecular flexibility index (Phi) is 4.18. The van der Waals surface area contributed by atoms with Crippen molar-refractivity contribution in [3.8, 4) is 0 Å². The topological polar surface area (TPSA) is 55.9 Å². The van der Waals surface area contributed by atoms with E-state index in [4.69, 9.17) is 5.73 Å². The van der Waals surface area contributed by atoms with E-state index in [-0.39, 0.29) is 6.04 Å². The molecular weight excluding hydrogens is 212 g/mol. The molecule has 4 nitrogen and oxygen atoms in total. The average molecular weight is 236 g/mol. The number of nitrogens with one attached hydrogen (secondary N) is 1. The third kappa shape index (κ3) is 3.30. The van der Waals surface area contributed by atoms with Crippen molar-refractivity contribution in [3.63, 3.8) is 0 Å². The fourth-order valence-electron chi connectivity index (χ4n) is 2.31. The molecule has 1 saturated carbocycles. The van der Waals surface area contributed by atoms with E-state index in [1.165, 1.54) is 30.5 Å². The van der Waals surface area contributed by atoms with E-state index in [9.17, 15) is 0 Å². The fraction of sp³-hybridized carbons (Fsp3) is 0.769. The maximum absolute atomic E-state index is 5.87. The third-order valence-corrected chi connectivity index (χ3v) is 3.52. The summed E-state index contributed by atoms with van der Waals surface area (Å²) in [6.07, 6.45) is 7.19. The Bertz CT molecular complexity index is 354. The molecule has 96 valence electrons. The van der Waals surface area contributed by atoms with Crippen LogP contribution < -0.4 is 11.1 Å². The van der Waals surface area contributed by atoms with Gasteiger partial charge in [-0.1, -0.05) is 19.8 Å². The summed E-state index contributed by atoms with van der Waals surface area (Å²) in [5.41, 5.74) is 8.31. The number of hydrogen-bond donors (Lipinski definition) is 2. The second kappa shape index (κ2) is 5.65. The van der Waals surface area contributed by atoms with Crippen molar-refractivity contribution >= 4 is 0 Å². The van der Waals surface area contributed by atoms with Gasteiger partial charge < -0.3 is 11.1 Å². The molecule has 0 spiro atoms.